The molecule has 2 fully saturated rings. The van der Waals surface area contributed by atoms with Gasteiger partial charge < -0.3 is 15.1 Å². The lowest BCUT2D eigenvalue weighted by molar-refractivity contribution is -0.137. The number of nitrogens with one attached hydrogen (secondary N) is 1. The molecule has 0 aromatic carbocycles. The molecule has 0 radical (unpaired) electrons. The Bertz CT molecular complexity index is 1160. The molecule has 36 heavy (non-hydrogen) atoms. The Labute approximate surface area is 213 Å². The number of likely N-dealkylation sites (tertiary alicyclic amines) is 2. The number of nitrogens with zero attached hydrogens (tertiary/aromatic N) is 4. The second kappa shape index (κ2) is 9.64. The van der Waals surface area contributed by atoms with Gasteiger partial charge in [0.15, 0.2) is 5.01 Å². The summed E-state index contributed by atoms with van der Waals surface area (Å²) in [6.07, 6.45) is -1.10. The molecular weight excluding hydrogens is 491 g/mol. The Balaban J connectivity index is 1.83. The van der Waals surface area contributed by atoms with Crippen molar-refractivity contribution >= 4 is 29.0 Å². The van der Waals surface area contributed by atoms with Crippen molar-refractivity contribution in [3.05, 3.63) is 28.5 Å². The molecule has 0 aliphatic carbocycles. The molecule has 2 aliphatic rings. The quantitative estimate of drug-likeness (QED) is 0.569. The molecule has 0 saturated carbocycles. The molecule has 0 bridgehead atoms. The largest absolute Gasteiger partial charge is 0.417 e. The Morgan fingerprint density at radius 3 is 2.39 bits per heavy atom. The third kappa shape index (κ3) is 5.50. The van der Waals surface area contributed by atoms with Gasteiger partial charge in [0.05, 0.1) is 10.4 Å². The zero-order valence-corrected chi connectivity index (χ0v) is 22.0. The highest BCUT2D eigenvalue weighted by atomic mass is 32.1. The summed E-state index contributed by atoms with van der Waals surface area (Å²) in [6, 6.07) is 0.903. The first-order valence-electron chi connectivity index (χ1n) is 12.2. The van der Waals surface area contributed by atoms with E-state index in [4.69, 9.17) is 0 Å². The van der Waals surface area contributed by atoms with E-state index in [2.05, 4.69) is 15.3 Å². The summed E-state index contributed by atoms with van der Waals surface area (Å²) in [4.78, 5) is 38.6. The standard InChI is InChI=1S/C25H32F3N5O2S/c1-14-8-10-32(13-14)23(35)21-30-19(22(34)33-9-6-7-15(33)2)20(36-21)16-12-29-18(31-24(3,4)5)11-17(16)25(26,27)28/h11-12,14-15H,6-10,13H2,1-5H3,(H,29,31). The molecule has 1 N–H and O–H groups in total. The van der Waals surface area contributed by atoms with Gasteiger partial charge in [0.25, 0.3) is 11.8 Å². The number of alkyl halides is 3. The van der Waals surface area contributed by atoms with Crippen LogP contribution < -0.4 is 5.32 Å². The number of carbonyl (C=O) groups excluding carboxylic acids is 2. The Hall–Kier alpha value is -2.69. The van der Waals surface area contributed by atoms with Crippen LogP contribution in [-0.4, -0.2) is 62.8 Å². The maximum Gasteiger partial charge on any atom is 0.417 e. The number of hydrogen-bond acceptors (Lipinski definition) is 6. The average Bonchev–Trinajstić information content (AvgIpc) is 3.50. The molecule has 2 unspecified atom stereocenters. The lowest BCUT2D eigenvalue weighted by Gasteiger charge is -2.23. The van der Waals surface area contributed by atoms with Crippen LogP contribution in [0.3, 0.4) is 0 Å². The molecule has 0 spiro atoms. The van der Waals surface area contributed by atoms with Crippen LogP contribution in [0.5, 0.6) is 0 Å². The number of carbonyl (C=O) groups is 2. The molecule has 2 aliphatic heterocycles. The Morgan fingerprint density at radius 1 is 1.11 bits per heavy atom. The van der Waals surface area contributed by atoms with Crippen molar-refractivity contribution in [1.29, 1.82) is 0 Å². The molecule has 7 nitrogen and oxygen atoms in total. The van der Waals surface area contributed by atoms with Gasteiger partial charge in [-0.15, -0.1) is 11.3 Å². The first-order valence-corrected chi connectivity index (χ1v) is 13.0. The number of amides is 2. The fourth-order valence-electron chi connectivity index (χ4n) is 4.69. The second-order valence-electron chi connectivity index (χ2n) is 10.8. The SMILES string of the molecule is CC1CCN(C(=O)c2nc(C(=O)N3CCCC3C)c(-c3cnc(NC(C)(C)C)cc3C(F)(F)F)s2)C1. The van der Waals surface area contributed by atoms with Gasteiger partial charge in [-0.3, -0.25) is 9.59 Å². The molecule has 196 valence electrons. The van der Waals surface area contributed by atoms with Crippen molar-refractivity contribution in [2.45, 2.75) is 71.6 Å². The zero-order valence-electron chi connectivity index (χ0n) is 21.2. The van der Waals surface area contributed by atoms with Crippen molar-refractivity contribution in [1.82, 2.24) is 19.8 Å². The van der Waals surface area contributed by atoms with Gasteiger partial charge in [-0.1, -0.05) is 6.92 Å². The normalized spacial score (nSPS) is 20.8. The predicted molar refractivity (Wildman–Crippen MR) is 133 cm³/mol. The van der Waals surface area contributed by atoms with E-state index >= 15 is 0 Å². The number of rotatable bonds is 4. The highest BCUT2D eigenvalue weighted by Gasteiger charge is 2.39. The minimum atomic E-state index is -4.70. The first-order chi connectivity index (χ1) is 16.7. The molecule has 2 amide bonds. The summed E-state index contributed by atoms with van der Waals surface area (Å²) in [5.41, 5.74) is -1.79. The van der Waals surface area contributed by atoms with Gasteiger partial charge in [0.1, 0.15) is 11.5 Å². The highest BCUT2D eigenvalue weighted by Crippen LogP contribution is 2.42. The fourth-order valence-corrected chi connectivity index (χ4v) is 5.74. The minimum absolute atomic E-state index is 0.0248. The predicted octanol–water partition coefficient (Wildman–Crippen LogP) is 5.54. The van der Waals surface area contributed by atoms with Crippen LogP contribution in [-0.2, 0) is 6.18 Å². The van der Waals surface area contributed by atoms with E-state index in [-0.39, 0.29) is 38.9 Å². The average molecular weight is 524 g/mol. The van der Waals surface area contributed by atoms with Crippen molar-refractivity contribution < 1.29 is 22.8 Å². The highest BCUT2D eigenvalue weighted by molar-refractivity contribution is 7.17. The first kappa shape index (κ1) is 26.4. The van der Waals surface area contributed by atoms with Crippen LogP contribution in [0.4, 0.5) is 19.0 Å². The summed E-state index contributed by atoms with van der Waals surface area (Å²) in [7, 11) is 0. The minimum Gasteiger partial charge on any atom is -0.365 e. The van der Waals surface area contributed by atoms with Gasteiger partial charge in [0, 0.05) is 43.0 Å². The van der Waals surface area contributed by atoms with E-state index in [1.807, 2.05) is 34.6 Å². The van der Waals surface area contributed by atoms with Gasteiger partial charge >= 0.3 is 6.18 Å². The van der Waals surface area contributed by atoms with Crippen molar-refractivity contribution in [2.75, 3.05) is 25.0 Å². The van der Waals surface area contributed by atoms with Gasteiger partial charge in [-0.2, -0.15) is 13.2 Å². The van der Waals surface area contributed by atoms with Gasteiger partial charge in [-0.25, -0.2) is 9.97 Å². The number of aromatic nitrogens is 2. The third-order valence-electron chi connectivity index (χ3n) is 6.49. The van der Waals surface area contributed by atoms with E-state index in [1.165, 1.54) is 0 Å². The van der Waals surface area contributed by atoms with Crippen LogP contribution in [0.15, 0.2) is 12.3 Å². The van der Waals surface area contributed by atoms with E-state index in [9.17, 15) is 22.8 Å². The Kier molecular flexibility index (Phi) is 7.07. The van der Waals surface area contributed by atoms with E-state index in [0.29, 0.717) is 25.6 Å². The zero-order chi connectivity index (χ0) is 26.4. The van der Waals surface area contributed by atoms with Crippen LogP contribution in [0.2, 0.25) is 0 Å². The number of pyridine rings is 1. The number of hydrogen-bond donors (Lipinski definition) is 1. The van der Waals surface area contributed by atoms with Crippen LogP contribution in [0.25, 0.3) is 10.4 Å². The summed E-state index contributed by atoms with van der Waals surface area (Å²) >= 11 is 0.836. The lowest BCUT2D eigenvalue weighted by atomic mass is 10.1. The molecule has 2 aromatic heterocycles. The van der Waals surface area contributed by atoms with Crippen LogP contribution in [0.1, 0.15) is 79.7 Å². The van der Waals surface area contributed by atoms with Crippen LogP contribution in [0, 0.1) is 5.92 Å². The van der Waals surface area contributed by atoms with Crippen molar-refractivity contribution in [2.24, 2.45) is 5.92 Å². The van der Waals surface area contributed by atoms with Crippen molar-refractivity contribution in [3.8, 4) is 10.4 Å². The molecule has 11 heteroatoms. The number of halogens is 3. The summed E-state index contributed by atoms with van der Waals surface area (Å²) in [5, 5.41) is 2.99. The van der Waals surface area contributed by atoms with E-state index in [0.717, 1.165) is 42.9 Å². The molecule has 2 saturated heterocycles. The smallest absolute Gasteiger partial charge is 0.365 e. The van der Waals surface area contributed by atoms with Crippen LogP contribution >= 0.6 is 11.3 Å². The fraction of sp³-hybridized carbons (Fsp3) is 0.600. The maximum atomic E-state index is 14.3. The molecule has 4 rings (SSSR count). The molecule has 2 aromatic rings. The monoisotopic (exact) mass is 523 g/mol. The van der Waals surface area contributed by atoms with Gasteiger partial charge in [0.2, 0.25) is 0 Å². The summed E-state index contributed by atoms with van der Waals surface area (Å²) in [6.45, 7) is 11.0. The molecule has 2 atom stereocenters. The van der Waals surface area contributed by atoms with E-state index in [1.54, 1.807) is 9.80 Å². The number of thiazole rings is 1. The summed E-state index contributed by atoms with van der Waals surface area (Å²) in [5.74, 6) is -0.396. The molecule has 4 heterocycles. The second-order valence-corrected chi connectivity index (χ2v) is 11.8. The molecular formula is C25H32F3N5O2S. The Morgan fingerprint density at radius 2 is 1.83 bits per heavy atom. The van der Waals surface area contributed by atoms with E-state index < -0.39 is 23.2 Å². The third-order valence-corrected chi connectivity index (χ3v) is 7.57. The summed E-state index contributed by atoms with van der Waals surface area (Å²) < 4.78 is 42.8. The lowest BCUT2D eigenvalue weighted by Crippen LogP contribution is -2.34. The number of anilines is 1. The maximum absolute atomic E-state index is 14.3. The van der Waals surface area contributed by atoms with Gasteiger partial charge in [-0.05, 0) is 58.9 Å². The van der Waals surface area contributed by atoms with Crippen molar-refractivity contribution in [3.63, 3.8) is 0 Å². The topological polar surface area (TPSA) is 78.4 Å².